The Bertz CT molecular complexity index is 758. The van der Waals surface area contributed by atoms with Gasteiger partial charge in [-0.2, -0.15) is 0 Å². The fraction of sp³-hybridized carbons (Fsp3) is 0.762. The molecule has 0 radical (unpaired) electrons. The molecular formula is C21H34N4O4S. The van der Waals surface area contributed by atoms with Gasteiger partial charge in [-0.25, -0.2) is 14.6 Å². The first-order valence-electron chi connectivity index (χ1n) is 10.8. The minimum atomic E-state index is -0.891. The van der Waals surface area contributed by atoms with Gasteiger partial charge in [-0.15, -0.1) is 0 Å². The van der Waals surface area contributed by atoms with Crippen molar-refractivity contribution in [3.8, 4) is 0 Å². The van der Waals surface area contributed by atoms with Crippen LogP contribution in [-0.4, -0.2) is 82.9 Å². The molecule has 1 aromatic rings. The molecule has 1 amide bonds. The average molecular weight is 439 g/mol. The molecule has 0 atom stereocenters. The summed E-state index contributed by atoms with van der Waals surface area (Å²) in [6, 6.07) is 0.475. The van der Waals surface area contributed by atoms with E-state index in [2.05, 4.69) is 14.8 Å². The number of anilines is 1. The van der Waals surface area contributed by atoms with Crippen molar-refractivity contribution in [3.05, 3.63) is 10.6 Å². The first-order valence-corrected chi connectivity index (χ1v) is 11.6. The first kappa shape index (κ1) is 22.8. The van der Waals surface area contributed by atoms with E-state index in [1.165, 1.54) is 11.3 Å². The molecule has 30 heavy (non-hydrogen) atoms. The molecule has 0 unspecified atom stereocenters. The molecule has 0 bridgehead atoms. The zero-order valence-corrected chi connectivity index (χ0v) is 19.5. The van der Waals surface area contributed by atoms with Crippen LogP contribution in [-0.2, 0) is 4.74 Å². The number of piperidine rings is 1. The molecule has 2 aliphatic heterocycles. The number of thiazole rings is 1. The number of nitrogens with zero attached hydrogens (tertiary/aromatic N) is 4. The molecule has 0 aromatic carbocycles. The van der Waals surface area contributed by atoms with Crippen molar-refractivity contribution in [3.63, 3.8) is 0 Å². The van der Waals surface area contributed by atoms with E-state index in [-0.39, 0.29) is 12.0 Å². The van der Waals surface area contributed by atoms with Gasteiger partial charge < -0.3 is 19.6 Å². The molecule has 0 saturated carbocycles. The van der Waals surface area contributed by atoms with Gasteiger partial charge in [0, 0.05) is 45.3 Å². The van der Waals surface area contributed by atoms with E-state index < -0.39 is 11.6 Å². The van der Waals surface area contributed by atoms with Gasteiger partial charge in [0.25, 0.3) is 0 Å². The van der Waals surface area contributed by atoms with Gasteiger partial charge in [0.2, 0.25) is 0 Å². The lowest BCUT2D eigenvalue weighted by Gasteiger charge is -2.42. The molecule has 2 saturated heterocycles. The van der Waals surface area contributed by atoms with Crippen LogP contribution in [0.3, 0.4) is 0 Å². The number of carbonyl (C=O) groups is 2. The number of aromatic carboxylic acids is 1. The summed E-state index contributed by atoms with van der Waals surface area (Å²) in [5, 5.41) is 10.3. The molecule has 3 heterocycles. The molecule has 0 spiro atoms. The maximum atomic E-state index is 12.3. The number of aromatic nitrogens is 1. The number of hydrogen-bond donors (Lipinski definition) is 1. The Balaban J connectivity index is 1.51. The summed E-state index contributed by atoms with van der Waals surface area (Å²) in [7, 11) is 0. The highest BCUT2D eigenvalue weighted by Crippen LogP contribution is 2.32. The molecule has 0 aliphatic carbocycles. The van der Waals surface area contributed by atoms with Crippen molar-refractivity contribution in [2.45, 2.75) is 65.0 Å². The normalized spacial score (nSPS) is 19.4. The first-order chi connectivity index (χ1) is 14.0. The van der Waals surface area contributed by atoms with E-state index >= 15 is 0 Å². The summed E-state index contributed by atoms with van der Waals surface area (Å²) >= 11 is 1.29. The summed E-state index contributed by atoms with van der Waals surface area (Å²) in [5.74, 6) is -0.796. The highest BCUT2D eigenvalue weighted by molar-refractivity contribution is 7.17. The number of amides is 1. The third-order valence-electron chi connectivity index (χ3n) is 5.60. The summed E-state index contributed by atoms with van der Waals surface area (Å²) in [6.45, 7) is 14.6. The molecule has 3 rings (SSSR count). The average Bonchev–Trinajstić information content (AvgIpc) is 3.13. The quantitative estimate of drug-likeness (QED) is 0.770. The predicted octanol–water partition coefficient (Wildman–Crippen LogP) is 3.49. The SMILES string of the molecule is CC(C)c1nc(N2CCN(C3CCN(C(=O)OC(C)(C)C)CC3)CC2)sc1C(=O)O. The van der Waals surface area contributed by atoms with Crippen LogP contribution in [0.25, 0.3) is 0 Å². The van der Waals surface area contributed by atoms with Crippen molar-refractivity contribution in [1.82, 2.24) is 14.8 Å². The van der Waals surface area contributed by atoms with Gasteiger partial charge in [0.05, 0.1) is 5.69 Å². The molecule has 2 fully saturated rings. The van der Waals surface area contributed by atoms with Crippen LogP contribution < -0.4 is 4.90 Å². The van der Waals surface area contributed by atoms with Gasteiger partial charge in [0.1, 0.15) is 10.5 Å². The van der Waals surface area contributed by atoms with E-state index in [0.717, 1.165) is 57.2 Å². The Labute approximate surface area is 182 Å². The van der Waals surface area contributed by atoms with Gasteiger partial charge in [-0.3, -0.25) is 4.90 Å². The monoisotopic (exact) mass is 438 g/mol. The second-order valence-electron chi connectivity index (χ2n) is 9.39. The number of carboxylic acids is 1. The second-order valence-corrected chi connectivity index (χ2v) is 10.4. The minimum absolute atomic E-state index is 0.0950. The topological polar surface area (TPSA) is 86.2 Å². The molecule has 168 valence electrons. The van der Waals surface area contributed by atoms with Crippen molar-refractivity contribution in [1.29, 1.82) is 0 Å². The van der Waals surface area contributed by atoms with Crippen LogP contribution in [0.2, 0.25) is 0 Å². The third kappa shape index (κ3) is 5.43. The minimum Gasteiger partial charge on any atom is -0.477 e. The maximum Gasteiger partial charge on any atom is 0.410 e. The Kier molecular flexibility index (Phi) is 6.91. The summed E-state index contributed by atoms with van der Waals surface area (Å²) in [4.78, 5) is 35.3. The van der Waals surface area contributed by atoms with E-state index in [1.54, 1.807) is 0 Å². The van der Waals surface area contributed by atoms with Crippen molar-refractivity contribution in [2.75, 3.05) is 44.2 Å². The Morgan fingerprint density at radius 1 is 1.10 bits per heavy atom. The highest BCUT2D eigenvalue weighted by Gasteiger charge is 2.32. The van der Waals surface area contributed by atoms with E-state index in [4.69, 9.17) is 4.74 Å². The standard InChI is InChI=1S/C21H34N4O4S/c1-14(2)16-17(18(26)27)30-19(22-16)24-12-10-23(11-13-24)15-6-8-25(9-7-15)20(28)29-21(3,4)5/h14-15H,6-13H2,1-5H3,(H,26,27). The number of hydrogen-bond acceptors (Lipinski definition) is 7. The molecule has 8 nitrogen and oxygen atoms in total. The van der Waals surface area contributed by atoms with Crippen molar-refractivity contribution < 1.29 is 19.4 Å². The maximum absolute atomic E-state index is 12.3. The van der Waals surface area contributed by atoms with Crippen molar-refractivity contribution in [2.24, 2.45) is 0 Å². The number of carboxylic acid groups (broad SMARTS) is 1. The summed E-state index contributed by atoms with van der Waals surface area (Å²) in [6.07, 6.45) is 1.69. The highest BCUT2D eigenvalue weighted by atomic mass is 32.1. The zero-order chi connectivity index (χ0) is 22.1. The smallest absolute Gasteiger partial charge is 0.410 e. The van der Waals surface area contributed by atoms with Crippen LogP contribution >= 0.6 is 11.3 Å². The van der Waals surface area contributed by atoms with E-state index in [9.17, 15) is 14.7 Å². The lowest BCUT2D eigenvalue weighted by Crippen LogP contribution is -2.54. The van der Waals surface area contributed by atoms with Gasteiger partial charge in [-0.05, 0) is 39.5 Å². The number of ether oxygens (including phenoxy) is 1. The van der Waals surface area contributed by atoms with Crippen LogP contribution in [0, 0.1) is 0 Å². The molecular weight excluding hydrogens is 404 g/mol. The predicted molar refractivity (Wildman–Crippen MR) is 118 cm³/mol. The van der Waals surface area contributed by atoms with Crippen LogP contribution in [0.4, 0.5) is 9.93 Å². The molecule has 1 N–H and O–H groups in total. The second kappa shape index (κ2) is 9.09. The number of carbonyl (C=O) groups excluding carboxylic acids is 1. The summed E-state index contributed by atoms with van der Waals surface area (Å²) < 4.78 is 5.49. The Morgan fingerprint density at radius 3 is 2.17 bits per heavy atom. The van der Waals surface area contributed by atoms with Crippen LogP contribution in [0.5, 0.6) is 0 Å². The zero-order valence-electron chi connectivity index (χ0n) is 18.7. The van der Waals surface area contributed by atoms with Crippen LogP contribution in [0.1, 0.15) is 68.7 Å². The Morgan fingerprint density at radius 2 is 1.70 bits per heavy atom. The number of likely N-dealkylation sites (tertiary alicyclic amines) is 1. The largest absolute Gasteiger partial charge is 0.477 e. The fourth-order valence-electron chi connectivity index (χ4n) is 4.02. The van der Waals surface area contributed by atoms with E-state index in [0.29, 0.717) is 16.6 Å². The Hall–Kier alpha value is -1.87. The third-order valence-corrected chi connectivity index (χ3v) is 6.72. The van der Waals surface area contributed by atoms with E-state index in [1.807, 2.05) is 39.5 Å². The van der Waals surface area contributed by atoms with Gasteiger partial charge in [0.15, 0.2) is 5.13 Å². The fourth-order valence-corrected chi connectivity index (χ4v) is 5.13. The lowest BCUT2D eigenvalue weighted by molar-refractivity contribution is 0.0139. The number of rotatable bonds is 4. The van der Waals surface area contributed by atoms with Gasteiger partial charge in [-0.1, -0.05) is 25.2 Å². The molecule has 2 aliphatic rings. The molecule has 1 aromatic heterocycles. The van der Waals surface area contributed by atoms with Crippen molar-refractivity contribution >= 4 is 28.5 Å². The number of piperazine rings is 1. The summed E-state index contributed by atoms with van der Waals surface area (Å²) in [5.41, 5.74) is 0.218. The van der Waals surface area contributed by atoms with Gasteiger partial charge >= 0.3 is 12.1 Å². The van der Waals surface area contributed by atoms with Crippen LogP contribution in [0.15, 0.2) is 0 Å². The molecule has 9 heteroatoms. The lowest BCUT2D eigenvalue weighted by atomic mass is 10.0.